The van der Waals surface area contributed by atoms with E-state index in [1.54, 1.807) is 38.5 Å². The van der Waals surface area contributed by atoms with Crippen LogP contribution in [0, 0.1) is 0 Å². The van der Waals surface area contributed by atoms with Gasteiger partial charge < -0.3 is 14.8 Å². The molecule has 1 aromatic heterocycles. The van der Waals surface area contributed by atoms with Crippen molar-refractivity contribution in [1.29, 1.82) is 0 Å². The van der Waals surface area contributed by atoms with Crippen molar-refractivity contribution < 1.29 is 27.4 Å². The first-order valence-corrected chi connectivity index (χ1v) is 10.2. The van der Waals surface area contributed by atoms with Gasteiger partial charge in [-0.1, -0.05) is 36.0 Å². The lowest BCUT2D eigenvalue weighted by atomic mass is 10.1. The summed E-state index contributed by atoms with van der Waals surface area (Å²) in [5.41, 5.74) is 1.13. The van der Waals surface area contributed by atoms with Gasteiger partial charge in [-0.3, -0.25) is 4.79 Å². The number of ether oxygens (including phenoxy) is 2. The van der Waals surface area contributed by atoms with E-state index >= 15 is 0 Å². The minimum absolute atomic E-state index is 0.0652. The second kappa shape index (κ2) is 9.86. The Balaban J connectivity index is 1.60. The van der Waals surface area contributed by atoms with E-state index < -0.39 is 12.0 Å². The molecule has 0 aliphatic carbocycles. The number of halogens is 3. The maximum atomic E-state index is 13.1. The van der Waals surface area contributed by atoms with Gasteiger partial charge in [-0.15, -0.1) is 0 Å². The minimum atomic E-state index is -4.67. The van der Waals surface area contributed by atoms with Gasteiger partial charge in [-0.2, -0.15) is 13.2 Å². The van der Waals surface area contributed by atoms with Crippen LogP contribution in [-0.2, 0) is 17.4 Å². The molecular formula is C21H20F3N3O3S. The maximum absolute atomic E-state index is 13.1. The molecule has 0 unspecified atom stereocenters. The summed E-state index contributed by atoms with van der Waals surface area (Å²) in [7, 11) is 3.09. The molecule has 3 rings (SSSR count). The topological polar surface area (TPSA) is 73.3 Å². The number of alkyl halides is 3. The lowest BCUT2D eigenvalue weighted by molar-refractivity contribution is -0.145. The summed E-state index contributed by atoms with van der Waals surface area (Å²) < 4.78 is 49.7. The van der Waals surface area contributed by atoms with E-state index in [1.807, 2.05) is 12.1 Å². The highest BCUT2D eigenvalue weighted by molar-refractivity contribution is 8.00. The number of hydrogen-bond donors (Lipinski definition) is 1. The Hall–Kier alpha value is -3.01. The zero-order chi connectivity index (χ0) is 22.4. The van der Waals surface area contributed by atoms with E-state index in [1.165, 1.54) is 6.07 Å². The number of aromatic nitrogens is 2. The summed E-state index contributed by atoms with van der Waals surface area (Å²) in [6.45, 7) is 0.368. The van der Waals surface area contributed by atoms with E-state index in [-0.39, 0.29) is 22.2 Å². The van der Waals surface area contributed by atoms with Gasteiger partial charge in [0.15, 0.2) is 11.5 Å². The molecule has 0 spiro atoms. The first kappa shape index (κ1) is 22.7. The molecule has 0 bridgehead atoms. The monoisotopic (exact) mass is 451 g/mol. The molecule has 0 radical (unpaired) electrons. The molecule has 0 saturated carbocycles. The summed E-state index contributed by atoms with van der Waals surface area (Å²) in [5.74, 6) is -0.381. The van der Waals surface area contributed by atoms with Crippen LogP contribution in [0.15, 0.2) is 47.5 Å². The van der Waals surface area contributed by atoms with E-state index in [9.17, 15) is 18.0 Å². The van der Waals surface area contributed by atoms with Crippen molar-refractivity contribution in [2.24, 2.45) is 0 Å². The number of thioether (sulfide) groups is 1. The quantitative estimate of drug-likeness (QED) is 0.410. The molecule has 6 nitrogen and oxygen atoms in total. The minimum Gasteiger partial charge on any atom is -0.493 e. The van der Waals surface area contributed by atoms with Gasteiger partial charge in [0.05, 0.1) is 25.5 Å². The average Bonchev–Trinajstić information content (AvgIpc) is 2.76. The van der Waals surface area contributed by atoms with Gasteiger partial charge >= 0.3 is 6.18 Å². The number of benzene rings is 2. The Kier molecular flexibility index (Phi) is 7.21. The number of amides is 1. The Morgan fingerprint density at radius 3 is 2.52 bits per heavy atom. The van der Waals surface area contributed by atoms with Crippen molar-refractivity contribution in [1.82, 2.24) is 15.3 Å². The summed E-state index contributed by atoms with van der Waals surface area (Å²) in [4.78, 5) is 19.4. The van der Waals surface area contributed by atoms with Gasteiger partial charge in [0, 0.05) is 11.9 Å². The number of rotatable bonds is 8. The van der Waals surface area contributed by atoms with Crippen LogP contribution in [0.3, 0.4) is 0 Å². The summed E-state index contributed by atoms with van der Waals surface area (Å²) in [6, 6.07) is 11.9. The Morgan fingerprint density at radius 2 is 1.81 bits per heavy atom. The zero-order valence-corrected chi connectivity index (χ0v) is 17.6. The van der Waals surface area contributed by atoms with Crippen LogP contribution in [0.1, 0.15) is 11.4 Å². The fourth-order valence-corrected chi connectivity index (χ4v) is 3.70. The summed E-state index contributed by atoms with van der Waals surface area (Å²) >= 11 is 0.946. The molecule has 3 aromatic rings. The highest BCUT2D eigenvalue weighted by Gasteiger charge is 2.35. The molecule has 2 aromatic carbocycles. The van der Waals surface area contributed by atoms with Crippen molar-refractivity contribution in [3.05, 3.63) is 53.9 Å². The highest BCUT2D eigenvalue weighted by Crippen LogP contribution is 2.32. The number of hydrogen-bond acceptors (Lipinski definition) is 6. The Labute approximate surface area is 181 Å². The number of para-hydroxylation sites is 1. The fraction of sp³-hybridized carbons (Fsp3) is 0.286. The zero-order valence-electron chi connectivity index (χ0n) is 16.8. The molecule has 0 atom stereocenters. The van der Waals surface area contributed by atoms with Gasteiger partial charge in [-0.25, -0.2) is 9.97 Å². The number of carbonyl (C=O) groups excluding carboxylic acids is 1. The molecule has 0 fully saturated rings. The number of carbonyl (C=O) groups is 1. The summed E-state index contributed by atoms with van der Waals surface area (Å²) in [6.07, 6.45) is -4.10. The largest absolute Gasteiger partial charge is 0.493 e. The van der Waals surface area contributed by atoms with Gasteiger partial charge in [0.25, 0.3) is 0 Å². The molecule has 31 heavy (non-hydrogen) atoms. The molecule has 0 saturated heterocycles. The molecular weight excluding hydrogens is 431 g/mol. The fourth-order valence-electron chi connectivity index (χ4n) is 2.85. The molecule has 0 aliphatic heterocycles. The standard InChI is InChI=1S/C21H20F3N3O3S/c1-29-16-8-7-13(11-17(16)30-2)9-10-25-18(28)12-31-19-14-5-3-4-6-15(14)26-20(27-19)21(22,23)24/h3-8,11H,9-10,12H2,1-2H3,(H,25,28). The molecule has 0 aliphatic rings. The van der Waals surface area contributed by atoms with E-state index in [0.29, 0.717) is 29.9 Å². The van der Waals surface area contributed by atoms with Crippen LogP contribution in [0.2, 0.25) is 0 Å². The number of nitrogens with zero attached hydrogens (tertiary/aromatic N) is 2. The van der Waals surface area contributed by atoms with Crippen molar-refractivity contribution in [2.75, 3.05) is 26.5 Å². The van der Waals surface area contributed by atoms with E-state index in [2.05, 4.69) is 15.3 Å². The second-order valence-electron chi connectivity index (χ2n) is 6.45. The van der Waals surface area contributed by atoms with Gasteiger partial charge in [-0.05, 0) is 30.2 Å². The first-order chi connectivity index (χ1) is 14.8. The average molecular weight is 451 g/mol. The smallest absolute Gasteiger partial charge is 0.451 e. The van der Waals surface area contributed by atoms with Crippen LogP contribution in [0.25, 0.3) is 10.9 Å². The van der Waals surface area contributed by atoms with E-state index in [4.69, 9.17) is 9.47 Å². The predicted octanol–water partition coefficient (Wildman–Crippen LogP) is 4.12. The highest BCUT2D eigenvalue weighted by atomic mass is 32.2. The molecule has 1 N–H and O–H groups in total. The van der Waals surface area contributed by atoms with Crippen molar-refractivity contribution in [2.45, 2.75) is 17.6 Å². The molecule has 10 heteroatoms. The number of fused-ring (bicyclic) bond motifs is 1. The van der Waals surface area contributed by atoms with Crippen LogP contribution >= 0.6 is 11.8 Å². The lowest BCUT2D eigenvalue weighted by Gasteiger charge is -2.11. The van der Waals surface area contributed by atoms with Crippen molar-refractivity contribution in [3.8, 4) is 11.5 Å². The molecule has 1 heterocycles. The maximum Gasteiger partial charge on any atom is 0.451 e. The van der Waals surface area contributed by atoms with Crippen LogP contribution < -0.4 is 14.8 Å². The molecule has 164 valence electrons. The van der Waals surface area contributed by atoms with Crippen LogP contribution in [-0.4, -0.2) is 42.4 Å². The Morgan fingerprint density at radius 1 is 1.06 bits per heavy atom. The number of methoxy groups -OCH3 is 2. The van der Waals surface area contributed by atoms with E-state index in [0.717, 1.165) is 17.3 Å². The normalized spacial score (nSPS) is 11.4. The van der Waals surface area contributed by atoms with Crippen molar-refractivity contribution >= 4 is 28.6 Å². The third-order valence-corrected chi connectivity index (χ3v) is 5.34. The van der Waals surface area contributed by atoms with Gasteiger partial charge in [0.2, 0.25) is 11.7 Å². The van der Waals surface area contributed by atoms with Crippen LogP contribution in [0.4, 0.5) is 13.2 Å². The molecule has 1 amide bonds. The van der Waals surface area contributed by atoms with Gasteiger partial charge in [0.1, 0.15) is 5.03 Å². The Bertz CT molecular complexity index is 1080. The third-order valence-electron chi connectivity index (χ3n) is 4.35. The first-order valence-electron chi connectivity index (χ1n) is 9.26. The SMILES string of the molecule is COc1ccc(CCNC(=O)CSc2nc(C(F)(F)F)nc3ccccc23)cc1OC. The van der Waals surface area contributed by atoms with Crippen molar-refractivity contribution in [3.63, 3.8) is 0 Å². The van der Waals surface area contributed by atoms with Crippen LogP contribution in [0.5, 0.6) is 11.5 Å². The lowest BCUT2D eigenvalue weighted by Crippen LogP contribution is -2.27. The number of nitrogens with one attached hydrogen (secondary N) is 1. The third kappa shape index (κ3) is 5.78. The predicted molar refractivity (Wildman–Crippen MR) is 112 cm³/mol. The summed E-state index contributed by atoms with van der Waals surface area (Å²) in [5, 5.41) is 3.35. The second-order valence-corrected chi connectivity index (χ2v) is 7.41.